The molecule has 0 spiro atoms. The van der Waals surface area contributed by atoms with Gasteiger partial charge in [0.1, 0.15) is 6.04 Å². The first-order valence-electron chi connectivity index (χ1n) is 9.89. The summed E-state index contributed by atoms with van der Waals surface area (Å²) >= 11 is 0. The second-order valence-electron chi connectivity index (χ2n) is 7.93. The number of nitrogens with one attached hydrogen (secondary N) is 1. The summed E-state index contributed by atoms with van der Waals surface area (Å²) < 4.78 is 0. The summed E-state index contributed by atoms with van der Waals surface area (Å²) in [5, 5.41) is 2.94. The maximum Gasteiger partial charge on any atom is 0.249 e. The average Bonchev–Trinajstić information content (AvgIpc) is 3.08. The number of halogens is 1. The Kier molecular flexibility index (Phi) is 8.23. The largest absolute Gasteiger partial charge is 0.341 e. The van der Waals surface area contributed by atoms with Crippen LogP contribution in [0.3, 0.4) is 0 Å². The van der Waals surface area contributed by atoms with Crippen LogP contribution in [0.1, 0.15) is 43.4 Å². The van der Waals surface area contributed by atoms with Gasteiger partial charge < -0.3 is 16.0 Å². The second kappa shape index (κ2) is 10.4. The van der Waals surface area contributed by atoms with E-state index in [1.165, 1.54) is 0 Å². The maximum absolute atomic E-state index is 13.3. The molecule has 2 aromatic carbocycles. The van der Waals surface area contributed by atoms with Gasteiger partial charge in [0, 0.05) is 31.5 Å². The number of carbonyl (C=O) groups excluding carboxylic acids is 2. The first-order chi connectivity index (χ1) is 13.5. The molecule has 1 saturated heterocycles. The zero-order chi connectivity index (χ0) is 20.1. The molecule has 1 aliphatic rings. The smallest absolute Gasteiger partial charge is 0.249 e. The normalized spacial score (nSPS) is 19.5. The van der Waals surface area contributed by atoms with Gasteiger partial charge in [-0.25, -0.2) is 0 Å². The summed E-state index contributed by atoms with van der Waals surface area (Å²) in [7, 11) is 0. The highest BCUT2D eigenvalue weighted by atomic mass is 35.5. The summed E-state index contributed by atoms with van der Waals surface area (Å²) in [4.78, 5) is 27.5. The number of hydrogen-bond donors (Lipinski definition) is 2. The molecule has 0 saturated carbocycles. The Labute approximate surface area is 179 Å². The molecule has 0 bridgehead atoms. The van der Waals surface area contributed by atoms with Crippen LogP contribution in [0.25, 0.3) is 0 Å². The van der Waals surface area contributed by atoms with Gasteiger partial charge >= 0.3 is 0 Å². The minimum absolute atomic E-state index is 0. The molecule has 29 heavy (non-hydrogen) atoms. The minimum atomic E-state index is -0.686. The van der Waals surface area contributed by atoms with Gasteiger partial charge in [0.05, 0.1) is 0 Å². The molecule has 3 rings (SSSR count). The maximum atomic E-state index is 13.3. The first-order valence-corrected chi connectivity index (χ1v) is 9.89. The van der Waals surface area contributed by atoms with Gasteiger partial charge in [-0.3, -0.25) is 9.59 Å². The van der Waals surface area contributed by atoms with E-state index in [9.17, 15) is 9.59 Å². The molecule has 1 aliphatic heterocycles. The van der Waals surface area contributed by atoms with Crippen molar-refractivity contribution in [3.05, 3.63) is 71.8 Å². The zero-order valence-electron chi connectivity index (χ0n) is 17.0. The van der Waals surface area contributed by atoms with Crippen LogP contribution in [0.5, 0.6) is 0 Å². The van der Waals surface area contributed by atoms with Crippen molar-refractivity contribution in [2.45, 2.75) is 38.3 Å². The standard InChI is InChI=1S/C23H29N3O2.ClH/c1-16(2)13-21(27)25-22(18-11-7-4-8-12-18)23(28)26-14-19(20(24)15-26)17-9-5-3-6-10-17;/h3-12,16,19-20,22H,13-15,24H2,1-2H3,(H,25,27);1H/t19-,20+,22?;/m0./s1. The summed E-state index contributed by atoms with van der Waals surface area (Å²) in [6.45, 7) is 5.03. The van der Waals surface area contributed by atoms with Crippen LogP contribution in [-0.4, -0.2) is 35.8 Å². The SMILES string of the molecule is CC(C)CC(=O)NC(C(=O)N1C[C@@H](N)[C@H](c2ccccc2)C1)c1ccccc1.Cl. The van der Waals surface area contributed by atoms with Crippen LogP contribution in [0, 0.1) is 5.92 Å². The van der Waals surface area contributed by atoms with Crippen molar-refractivity contribution in [1.29, 1.82) is 0 Å². The molecule has 3 atom stereocenters. The monoisotopic (exact) mass is 415 g/mol. The van der Waals surface area contributed by atoms with Crippen molar-refractivity contribution < 1.29 is 9.59 Å². The van der Waals surface area contributed by atoms with Crippen LogP contribution in [0.4, 0.5) is 0 Å². The lowest BCUT2D eigenvalue weighted by Gasteiger charge is -2.25. The third kappa shape index (κ3) is 5.81. The van der Waals surface area contributed by atoms with E-state index < -0.39 is 6.04 Å². The number of likely N-dealkylation sites (tertiary alicyclic amines) is 1. The fourth-order valence-electron chi connectivity index (χ4n) is 3.77. The topological polar surface area (TPSA) is 75.4 Å². The molecule has 3 N–H and O–H groups in total. The van der Waals surface area contributed by atoms with Gasteiger partial charge in [-0.2, -0.15) is 0 Å². The highest BCUT2D eigenvalue weighted by Crippen LogP contribution is 2.28. The number of hydrogen-bond acceptors (Lipinski definition) is 3. The molecule has 1 fully saturated rings. The van der Waals surface area contributed by atoms with Gasteiger partial charge in [0.25, 0.3) is 0 Å². The van der Waals surface area contributed by atoms with Gasteiger partial charge in [0.15, 0.2) is 0 Å². The molecule has 5 nitrogen and oxygen atoms in total. The zero-order valence-corrected chi connectivity index (χ0v) is 17.8. The Morgan fingerprint density at radius 1 is 1.03 bits per heavy atom. The van der Waals surface area contributed by atoms with Crippen molar-refractivity contribution in [2.75, 3.05) is 13.1 Å². The Bertz CT molecular complexity index is 798. The molecule has 156 valence electrons. The predicted molar refractivity (Wildman–Crippen MR) is 118 cm³/mol. The number of rotatable bonds is 6. The highest BCUT2D eigenvalue weighted by Gasteiger charge is 2.37. The average molecular weight is 416 g/mol. The summed E-state index contributed by atoms with van der Waals surface area (Å²) in [5.74, 6) is 0.125. The lowest BCUT2D eigenvalue weighted by atomic mass is 9.95. The van der Waals surface area contributed by atoms with Crippen LogP contribution in [0.2, 0.25) is 0 Å². The van der Waals surface area contributed by atoms with Crippen molar-refractivity contribution >= 4 is 24.2 Å². The van der Waals surface area contributed by atoms with E-state index in [1.54, 1.807) is 4.90 Å². The Morgan fingerprint density at radius 3 is 2.21 bits per heavy atom. The number of benzene rings is 2. The molecular weight excluding hydrogens is 386 g/mol. The van der Waals surface area contributed by atoms with Crippen LogP contribution < -0.4 is 11.1 Å². The van der Waals surface area contributed by atoms with E-state index in [0.29, 0.717) is 19.5 Å². The summed E-state index contributed by atoms with van der Waals surface area (Å²) in [6, 6.07) is 18.7. The van der Waals surface area contributed by atoms with Crippen LogP contribution >= 0.6 is 12.4 Å². The van der Waals surface area contributed by atoms with E-state index >= 15 is 0 Å². The van der Waals surface area contributed by atoms with Crippen molar-refractivity contribution in [1.82, 2.24) is 10.2 Å². The minimum Gasteiger partial charge on any atom is -0.341 e. The lowest BCUT2D eigenvalue weighted by Crippen LogP contribution is -2.43. The highest BCUT2D eigenvalue weighted by molar-refractivity contribution is 5.89. The fraction of sp³-hybridized carbons (Fsp3) is 0.391. The molecule has 0 radical (unpaired) electrons. The van der Waals surface area contributed by atoms with E-state index in [1.807, 2.05) is 62.4 Å². The van der Waals surface area contributed by atoms with Gasteiger partial charge in [0.2, 0.25) is 11.8 Å². The van der Waals surface area contributed by atoms with Crippen molar-refractivity contribution in [2.24, 2.45) is 11.7 Å². The van der Waals surface area contributed by atoms with Crippen LogP contribution in [0.15, 0.2) is 60.7 Å². The predicted octanol–water partition coefficient (Wildman–Crippen LogP) is 3.27. The number of nitrogens with zero attached hydrogens (tertiary/aromatic N) is 1. The third-order valence-corrected chi connectivity index (χ3v) is 5.18. The number of nitrogens with two attached hydrogens (primary N) is 1. The van der Waals surface area contributed by atoms with Crippen LogP contribution in [-0.2, 0) is 9.59 Å². The molecule has 2 aromatic rings. The van der Waals surface area contributed by atoms with E-state index in [-0.39, 0.29) is 42.1 Å². The summed E-state index contributed by atoms with van der Waals surface area (Å²) in [5.41, 5.74) is 8.30. The molecule has 6 heteroatoms. The fourth-order valence-corrected chi connectivity index (χ4v) is 3.77. The second-order valence-corrected chi connectivity index (χ2v) is 7.93. The van der Waals surface area contributed by atoms with Gasteiger partial charge in [-0.05, 0) is 17.0 Å². The van der Waals surface area contributed by atoms with Crippen molar-refractivity contribution in [3.63, 3.8) is 0 Å². The third-order valence-electron chi connectivity index (χ3n) is 5.18. The molecule has 0 aromatic heterocycles. The Balaban J connectivity index is 0.00000300. The molecule has 1 heterocycles. The van der Waals surface area contributed by atoms with E-state index in [4.69, 9.17) is 5.73 Å². The molecule has 0 aliphatic carbocycles. The molecule has 1 unspecified atom stereocenters. The Hall–Kier alpha value is -2.37. The summed E-state index contributed by atoms with van der Waals surface area (Å²) in [6.07, 6.45) is 0.392. The quantitative estimate of drug-likeness (QED) is 0.760. The van der Waals surface area contributed by atoms with Gasteiger partial charge in [-0.15, -0.1) is 12.4 Å². The lowest BCUT2D eigenvalue weighted by molar-refractivity contribution is -0.136. The van der Waals surface area contributed by atoms with E-state index in [2.05, 4.69) is 17.4 Å². The first kappa shape index (κ1) is 22.9. The Morgan fingerprint density at radius 2 is 1.62 bits per heavy atom. The van der Waals surface area contributed by atoms with E-state index in [0.717, 1.165) is 11.1 Å². The molecular formula is C23H30ClN3O2. The number of amides is 2. The van der Waals surface area contributed by atoms with Gasteiger partial charge in [-0.1, -0.05) is 74.5 Å². The number of carbonyl (C=O) groups is 2. The molecule has 2 amide bonds. The van der Waals surface area contributed by atoms with Crippen molar-refractivity contribution in [3.8, 4) is 0 Å².